The van der Waals surface area contributed by atoms with Crippen LogP contribution in [0.25, 0.3) is 22.4 Å². The molecule has 2 N–H and O–H groups in total. The van der Waals surface area contributed by atoms with Crippen molar-refractivity contribution < 1.29 is 8.42 Å². The molecule has 5 rings (SSSR count). The third kappa shape index (κ3) is 3.60. The molecule has 8 nitrogen and oxygen atoms in total. The Hall–Kier alpha value is -2.52. The lowest BCUT2D eigenvalue weighted by Gasteiger charge is -2.40. The third-order valence-corrected chi connectivity index (χ3v) is 7.20. The summed E-state index contributed by atoms with van der Waals surface area (Å²) in [6.07, 6.45) is 10.5. The number of aromatic amines is 1. The van der Waals surface area contributed by atoms with Crippen molar-refractivity contribution in [3.8, 4) is 11.3 Å². The van der Waals surface area contributed by atoms with Gasteiger partial charge in [0.05, 0.1) is 17.9 Å². The van der Waals surface area contributed by atoms with Gasteiger partial charge in [0.1, 0.15) is 16.7 Å². The summed E-state index contributed by atoms with van der Waals surface area (Å²) >= 11 is 0. The van der Waals surface area contributed by atoms with Crippen molar-refractivity contribution in [2.75, 3.05) is 18.1 Å². The summed E-state index contributed by atoms with van der Waals surface area (Å²) < 4.78 is 25.3. The van der Waals surface area contributed by atoms with Crippen LogP contribution in [0.2, 0.25) is 0 Å². The first-order valence-electron chi connectivity index (χ1n) is 9.97. The summed E-state index contributed by atoms with van der Waals surface area (Å²) in [5.74, 6) is 0.646. The normalized spacial score (nSPS) is 23.3. The Morgan fingerprint density at radius 2 is 2.07 bits per heavy atom. The van der Waals surface area contributed by atoms with Crippen LogP contribution in [-0.2, 0) is 9.84 Å². The van der Waals surface area contributed by atoms with Crippen molar-refractivity contribution in [2.45, 2.75) is 43.1 Å². The summed E-state index contributed by atoms with van der Waals surface area (Å²) in [6, 6.07) is 5.86. The third-order valence-electron chi connectivity index (χ3n) is 5.72. The molecule has 9 heteroatoms. The van der Waals surface area contributed by atoms with Crippen LogP contribution in [0, 0.1) is 0 Å². The topological polar surface area (TPSA) is 104 Å². The maximum atomic E-state index is 12.7. The van der Waals surface area contributed by atoms with Gasteiger partial charge in [-0.15, -0.1) is 0 Å². The van der Waals surface area contributed by atoms with Crippen LogP contribution in [0.15, 0.2) is 36.8 Å². The van der Waals surface area contributed by atoms with Crippen LogP contribution in [0.1, 0.15) is 25.7 Å². The van der Waals surface area contributed by atoms with Gasteiger partial charge in [-0.1, -0.05) is 0 Å². The monoisotopic (exact) mass is 412 g/mol. The molecule has 2 atom stereocenters. The highest BCUT2D eigenvalue weighted by molar-refractivity contribution is 7.91. The lowest BCUT2D eigenvalue weighted by atomic mass is 10.0. The second-order valence-corrected chi connectivity index (χ2v) is 10.1. The maximum absolute atomic E-state index is 12.7. The molecule has 1 aliphatic heterocycles. The van der Waals surface area contributed by atoms with E-state index in [4.69, 9.17) is 0 Å². The molecular formula is C20H24N6O2S. The zero-order valence-electron chi connectivity index (χ0n) is 16.2. The zero-order valence-corrected chi connectivity index (χ0v) is 17.1. The minimum absolute atomic E-state index is 0.211. The molecule has 0 radical (unpaired) electrons. The second-order valence-electron chi connectivity index (χ2n) is 7.95. The van der Waals surface area contributed by atoms with Crippen molar-refractivity contribution >= 4 is 26.8 Å². The number of anilines is 1. The van der Waals surface area contributed by atoms with E-state index in [1.165, 1.54) is 6.26 Å². The summed E-state index contributed by atoms with van der Waals surface area (Å²) in [4.78, 5) is 18.8. The average Bonchev–Trinajstić information content (AvgIpc) is 3.44. The molecular weight excluding hydrogens is 388 g/mol. The van der Waals surface area contributed by atoms with E-state index in [0.29, 0.717) is 17.6 Å². The fraction of sp³-hybridized carbons (Fsp3) is 0.450. The van der Waals surface area contributed by atoms with Crippen LogP contribution in [-0.4, -0.2) is 63.5 Å². The first-order chi connectivity index (χ1) is 14.0. The molecule has 2 fully saturated rings. The van der Waals surface area contributed by atoms with Crippen LogP contribution >= 0.6 is 0 Å². The fourth-order valence-corrected chi connectivity index (χ4v) is 5.91. The summed E-state index contributed by atoms with van der Waals surface area (Å²) in [5, 5.41) is 2.92. The molecule has 4 heterocycles. The van der Waals surface area contributed by atoms with Gasteiger partial charge in [0, 0.05) is 30.3 Å². The van der Waals surface area contributed by atoms with Crippen LogP contribution in [0.5, 0.6) is 0 Å². The molecule has 3 aromatic heterocycles. The van der Waals surface area contributed by atoms with Gasteiger partial charge in [-0.05, 0) is 50.4 Å². The number of sulfone groups is 1. The molecule has 0 amide bonds. The van der Waals surface area contributed by atoms with Gasteiger partial charge < -0.3 is 10.3 Å². The molecule has 2 aliphatic rings. The number of hydrogen-bond acceptors (Lipinski definition) is 7. The number of likely N-dealkylation sites (tertiary alicyclic amines) is 1. The highest BCUT2D eigenvalue weighted by atomic mass is 32.2. The molecule has 29 heavy (non-hydrogen) atoms. The van der Waals surface area contributed by atoms with Gasteiger partial charge in [0.15, 0.2) is 15.5 Å². The largest absolute Gasteiger partial charge is 0.364 e. The van der Waals surface area contributed by atoms with Crippen molar-refractivity contribution in [3.05, 3.63) is 36.8 Å². The van der Waals surface area contributed by atoms with E-state index >= 15 is 0 Å². The smallest absolute Gasteiger partial charge is 0.165 e. The van der Waals surface area contributed by atoms with Crippen molar-refractivity contribution in [2.24, 2.45) is 0 Å². The van der Waals surface area contributed by atoms with Gasteiger partial charge in [-0.3, -0.25) is 4.90 Å². The Morgan fingerprint density at radius 3 is 2.86 bits per heavy atom. The molecule has 1 saturated carbocycles. The molecule has 1 saturated heterocycles. The van der Waals surface area contributed by atoms with E-state index in [1.54, 1.807) is 12.4 Å². The van der Waals surface area contributed by atoms with E-state index in [2.05, 4.69) is 30.2 Å². The number of nitrogens with zero attached hydrogens (tertiary/aromatic N) is 4. The average molecular weight is 413 g/mol. The predicted octanol–water partition coefficient (Wildman–Crippen LogP) is 2.43. The van der Waals surface area contributed by atoms with Crippen LogP contribution in [0.3, 0.4) is 0 Å². The highest BCUT2D eigenvalue weighted by Gasteiger charge is 2.45. The predicted molar refractivity (Wildman–Crippen MR) is 112 cm³/mol. The van der Waals surface area contributed by atoms with Gasteiger partial charge in [-0.2, -0.15) is 0 Å². The number of nitrogens with one attached hydrogen (secondary N) is 2. The van der Waals surface area contributed by atoms with Gasteiger partial charge in [0.25, 0.3) is 0 Å². The van der Waals surface area contributed by atoms with Crippen LogP contribution < -0.4 is 5.32 Å². The second kappa shape index (κ2) is 7.07. The summed E-state index contributed by atoms with van der Waals surface area (Å²) in [5.41, 5.74) is 3.04. The van der Waals surface area contributed by atoms with Crippen molar-refractivity contribution in [1.82, 2.24) is 24.8 Å². The van der Waals surface area contributed by atoms with E-state index in [0.717, 1.165) is 49.0 Å². The Labute approximate surface area is 169 Å². The number of piperidine rings is 1. The minimum atomic E-state index is -3.24. The van der Waals surface area contributed by atoms with E-state index < -0.39 is 15.2 Å². The van der Waals surface area contributed by atoms with E-state index in [-0.39, 0.29) is 6.04 Å². The Balaban J connectivity index is 1.49. The molecule has 1 aliphatic carbocycles. The fourth-order valence-electron chi connectivity index (χ4n) is 4.34. The van der Waals surface area contributed by atoms with E-state index in [9.17, 15) is 8.42 Å². The number of H-pyrrole nitrogens is 1. The maximum Gasteiger partial charge on any atom is 0.165 e. The van der Waals surface area contributed by atoms with Crippen molar-refractivity contribution in [1.29, 1.82) is 0 Å². The Kier molecular flexibility index (Phi) is 4.51. The molecule has 3 aromatic rings. The number of rotatable bonds is 5. The first-order valence-corrected chi connectivity index (χ1v) is 11.9. The summed E-state index contributed by atoms with van der Waals surface area (Å²) in [6.45, 7) is 0.839. The highest BCUT2D eigenvalue weighted by Crippen LogP contribution is 2.36. The van der Waals surface area contributed by atoms with E-state index in [1.807, 2.05) is 24.4 Å². The Bertz CT molecular complexity index is 1140. The number of hydrogen-bond donors (Lipinski definition) is 2. The molecule has 0 spiro atoms. The minimum Gasteiger partial charge on any atom is -0.364 e. The Morgan fingerprint density at radius 1 is 1.21 bits per heavy atom. The number of fused-ring (bicyclic) bond motifs is 1. The van der Waals surface area contributed by atoms with Crippen molar-refractivity contribution in [3.63, 3.8) is 0 Å². The first kappa shape index (κ1) is 18.5. The summed E-state index contributed by atoms with van der Waals surface area (Å²) in [7, 11) is -3.24. The lowest BCUT2D eigenvalue weighted by Crippen LogP contribution is -2.55. The molecule has 2 unspecified atom stereocenters. The van der Waals surface area contributed by atoms with Gasteiger partial charge in [-0.25, -0.2) is 23.4 Å². The lowest BCUT2D eigenvalue weighted by molar-refractivity contribution is 0.177. The zero-order chi connectivity index (χ0) is 20.0. The molecule has 0 aromatic carbocycles. The SMILES string of the molecule is CS(=O)(=O)C1C(Nc2ncccc2-c2cnc3[nH]ccc3n2)CCCN1C1CC1. The molecule has 0 bridgehead atoms. The standard InChI is InChI=1S/C20H24N6O2S/c1-29(27,28)20-16(5-3-11-26(20)13-6-7-13)25-18-14(4-2-9-21-18)17-12-23-19-15(24-17)8-10-22-19/h2,4,8-10,12-13,16,20H,3,5-7,11H2,1H3,(H,21,25)(H,22,23). The van der Waals surface area contributed by atoms with Gasteiger partial charge in [0.2, 0.25) is 0 Å². The van der Waals surface area contributed by atoms with Gasteiger partial charge >= 0.3 is 0 Å². The molecule has 152 valence electrons. The quantitative estimate of drug-likeness (QED) is 0.663. The van der Waals surface area contributed by atoms with Crippen LogP contribution in [0.4, 0.5) is 5.82 Å². The number of aromatic nitrogens is 4. The number of pyridine rings is 1.